The van der Waals surface area contributed by atoms with Crippen molar-refractivity contribution in [2.45, 2.75) is 45.3 Å². The fraction of sp³-hybridized carbons (Fsp3) is 0.519. The number of ether oxygens (including phenoxy) is 2. The first-order valence-corrected chi connectivity index (χ1v) is 12.3. The van der Waals surface area contributed by atoms with Crippen molar-refractivity contribution < 1.29 is 24.2 Å². The van der Waals surface area contributed by atoms with Crippen LogP contribution in [0.5, 0.6) is 11.6 Å². The molecular formula is C27H35N3O5. The Labute approximate surface area is 206 Å². The van der Waals surface area contributed by atoms with Crippen LogP contribution < -0.4 is 9.47 Å². The van der Waals surface area contributed by atoms with E-state index >= 15 is 0 Å². The fourth-order valence-electron chi connectivity index (χ4n) is 4.59. The number of aliphatic hydroxyl groups is 1. The van der Waals surface area contributed by atoms with Gasteiger partial charge in [-0.25, -0.2) is 4.98 Å². The summed E-state index contributed by atoms with van der Waals surface area (Å²) in [5.41, 5.74) is 2.03. The number of amides is 2. The highest BCUT2D eigenvalue weighted by Gasteiger charge is 2.36. The molecule has 1 aromatic heterocycles. The molecule has 0 saturated heterocycles. The second kappa shape index (κ2) is 10.6. The highest BCUT2D eigenvalue weighted by Crippen LogP contribution is 2.32. The van der Waals surface area contributed by atoms with Gasteiger partial charge in [-0.3, -0.25) is 9.59 Å². The monoisotopic (exact) mass is 481 g/mol. The summed E-state index contributed by atoms with van der Waals surface area (Å²) in [6, 6.07) is 8.97. The fourth-order valence-corrected chi connectivity index (χ4v) is 4.59. The molecule has 35 heavy (non-hydrogen) atoms. The van der Waals surface area contributed by atoms with Crippen molar-refractivity contribution >= 4 is 11.8 Å². The largest absolute Gasteiger partial charge is 0.497 e. The maximum absolute atomic E-state index is 13.6. The van der Waals surface area contributed by atoms with Gasteiger partial charge in [0.2, 0.25) is 11.8 Å². The van der Waals surface area contributed by atoms with Crippen molar-refractivity contribution in [3.8, 4) is 22.8 Å². The van der Waals surface area contributed by atoms with E-state index in [1.54, 1.807) is 29.2 Å². The van der Waals surface area contributed by atoms with E-state index in [2.05, 4.69) is 4.98 Å². The van der Waals surface area contributed by atoms with Crippen molar-refractivity contribution in [2.24, 2.45) is 11.8 Å². The van der Waals surface area contributed by atoms with E-state index in [4.69, 9.17) is 9.47 Å². The summed E-state index contributed by atoms with van der Waals surface area (Å²) >= 11 is 0. The average Bonchev–Trinajstić information content (AvgIpc) is 2.84. The van der Waals surface area contributed by atoms with E-state index in [1.165, 1.54) is 0 Å². The molecule has 1 fully saturated rings. The Balaban J connectivity index is 1.67. The van der Waals surface area contributed by atoms with E-state index in [0.29, 0.717) is 18.7 Å². The maximum Gasteiger partial charge on any atom is 0.259 e. The first kappa shape index (κ1) is 25.0. The quantitative estimate of drug-likeness (QED) is 0.653. The topological polar surface area (TPSA) is 92.2 Å². The van der Waals surface area contributed by atoms with E-state index in [1.807, 2.05) is 45.2 Å². The minimum absolute atomic E-state index is 0.0687. The van der Waals surface area contributed by atoms with Crippen LogP contribution in [-0.2, 0) is 4.79 Å². The number of fused-ring (bicyclic) bond motifs is 1. The van der Waals surface area contributed by atoms with Gasteiger partial charge in [0.25, 0.3) is 5.91 Å². The highest BCUT2D eigenvalue weighted by atomic mass is 16.5. The molecule has 1 aliphatic heterocycles. The van der Waals surface area contributed by atoms with Crippen molar-refractivity contribution in [1.29, 1.82) is 0 Å². The van der Waals surface area contributed by atoms with Gasteiger partial charge in [0.05, 0.1) is 26.3 Å². The number of methoxy groups -OCH3 is 1. The summed E-state index contributed by atoms with van der Waals surface area (Å²) in [4.78, 5) is 34.4. The molecule has 2 aromatic rings. The van der Waals surface area contributed by atoms with Crippen LogP contribution in [0.4, 0.5) is 0 Å². The first-order chi connectivity index (χ1) is 16.8. The van der Waals surface area contributed by atoms with Crippen molar-refractivity contribution in [2.75, 3.05) is 33.9 Å². The molecule has 2 heterocycles. The van der Waals surface area contributed by atoms with Crippen LogP contribution >= 0.6 is 0 Å². The van der Waals surface area contributed by atoms with Crippen LogP contribution in [0, 0.1) is 11.8 Å². The minimum atomic E-state index is -0.365. The average molecular weight is 482 g/mol. The molecule has 0 spiro atoms. The smallest absolute Gasteiger partial charge is 0.259 e. The van der Waals surface area contributed by atoms with E-state index in [9.17, 15) is 14.7 Å². The Kier molecular flexibility index (Phi) is 7.60. The number of aromatic nitrogens is 1. The third-order valence-electron chi connectivity index (χ3n) is 7.23. The Morgan fingerprint density at radius 1 is 1.29 bits per heavy atom. The number of aliphatic hydroxyl groups excluding tert-OH is 1. The molecule has 0 bridgehead atoms. The summed E-state index contributed by atoms with van der Waals surface area (Å²) in [6.45, 7) is 4.50. The van der Waals surface area contributed by atoms with Crippen LogP contribution in [0.15, 0.2) is 36.5 Å². The Hall–Kier alpha value is -3.13. The highest BCUT2D eigenvalue weighted by molar-refractivity contribution is 5.98. The van der Waals surface area contributed by atoms with E-state index < -0.39 is 0 Å². The normalized spacial score (nSPS) is 21.2. The number of carbonyl (C=O) groups excluding carboxylic acids is 2. The van der Waals surface area contributed by atoms with E-state index in [0.717, 1.165) is 36.1 Å². The molecule has 0 unspecified atom stereocenters. The predicted molar refractivity (Wildman–Crippen MR) is 132 cm³/mol. The van der Waals surface area contributed by atoms with E-state index in [-0.39, 0.29) is 48.3 Å². The number of benzene rings is 1. The molecule has 8 heteroatoms. The summed E-state index contributed by atoms with van der Waals surface area (Å²) in [5, 5.41) is 9.86. The van der Waals surface area contributed by atoms with Gasteiger partial charge in [0.1, 0.15) is 17.4 Å². The Bertz CT molecular complexity index is 1050. The van der Waals surface area contributed by atoms with Crippen LogP contribution in [0.2, 0.25) is 0 Å². The van der Waals surface area contributed by atoms with Gasteiger partial charge in [-0.15, -0.1) is 0 Å². The molecule has 1 aliphatic carbocycles. The zero-order valence-electron chi connectivity index (χ0n) is 20.9. The maximum atomic E-state index is 13.6. The molecule has 188 valence electrons. The Morgan fingerprint density at radius 3 is 2.60 bits per heavy atom. The zero-order chi connectivity index (χ0) is 25.1. The molecule has 0 radical (unpaired) electrons. The Morgan fingerprint density at radius 2 is 2.00 bits per heavy atom. The van der Waals surface area contributed by atoms with Crippen molar-refractivity contribution in [1.82, 2.24) is 14.8 Å². The molecule has 3 atom stereocenters. The summed E-state index contributed by atoms with van der Waals surface area (Å²) in [5.74, 6) is 0.952. The SMILES string of the molecule is COc1ccc(-c2cnc3c(c2)C(=O)N([C@@H](C)CO)C[C@@H](C)[C@H](CN(C)C(=O)C2CCC2)O3)cc1. The van der Waals surface area contributed by atoms with Crippen LogP contribution in [0.25, 0.3) is 11.1 Å². The molecule has 1 aromatic carbocycles. The van der Waals surface area contributed by atoms with Gasteiger partial charge in [-0.1, -0.05) is 25.5 Å². The number of nitrogens with zero attached hydrogens (tertiary/aromatic N) is 3. The summed E-state index contributed by atoms with van der Waals surface area (Å²) in [6.07, 6.45) is 4.34. The number of carbonyl (C=O) groups is 2. The van der Waals surface area contributed by atoms with Gasteiger partial charge in [-0.2, -0.15) is 0 Å². The number of hydrogen-bond donors (Lipinski definition) is 1. The molecule has 1 N–H and O–H groups in total. The molecule has 4 rings (SSSR count). The third-order valence-corrected chi connectivity index (χ3v) is 7.23. The lowest BCUT2D eigenvalue weighted by molar-refractivity contribution is -0.138. The molecule has 2 aliphatic rings. The summed E-state index contributed by atoms with van der Waals surface area (Å²) < 4.78 is 11.6. The lowest BCUT2D eigenvalue weighted by Gasteiger charge is -2.38. The molecule has 1 saturated carbocycles. The molecule has 2 amide bonds. The second-order valence-electron chi connectivity index (χ2n) is 9.77. The second-order valence-corrected chi connectivity index (χ2v) is 9.77. The number of likely N-dealkylation sites (N-methyl/N-ethyl adjacent to an activating group) is 1. The van der Waals surface area contributed by atoms with Crippen molar-refractivity contribution in [3.05, 3.63) is 42.1 Å². The molecule has 8 nitrogen and oxygen atoms in total. The first-order valence-electron chi connectivity index (χ1n) is 12.3. The number of hydrogen-bond acceptors (Lipinski definition) is 6. The van der Waals surface area contributed by atoms with Crippen molar-refractivity contribution in [3.63, 3.8) is 0 Å². The third kappa shape index (κ3) is 5.27. The van der Waals surface area contributed by atoms with Gasteiger partial charge in [0, 0.05) is 37.2 Å². The van der Waals surface area contributed by atoms with Gasteiger partial charge < -0.3 is 24.4 Å². The standard InChI is InChI=1S/C27H35N3O5/c1-17-14-30(18(2)16-31)27(33)23-12-21(19-8-10-22(34-4)11-9-19)13-28-25(23)35-24(17)15-29(3)26(32)20-6-5-7-20/h8-13,17-18,20,24,31H,5-7,14-16H2,1-4H3/t17-,18+,24+/m1/s1. The predicted octanol–water partition coefficient (Wildman–Crippen LogP) is 3.24. The number of rotatable bonds is 7. The van der Waals surface area contributed by atoms with Crippen LogP contribution in [-0.4, -0.2) is 77.7 Å². The zero-order valence-corrected chi connectivity index (χ0v) is 20.9. The van der Waals surface area contributed by atoms with Crippen LogP contribution in [0.3, 0.4) is 0 Å². The lowest BCUT2D eigenvalue weighted by atomic mass is 9.84. The number of pyridine rings is 1. The minimum Gasteiger partial charge on any atom is -0.497 e. The lowest BCUT2D eigenvalue weighted by Crippen LogP contribution is -2.51. The van der Waals surface area contributed by atoms with Crippen LogP contribution in [0.1, 0.15) is 43.5 Å². The van der Waals surface area contributed by atoms with Gasteiger partial charge in [-0.05, 0) is 43.5 Å². The van der Waals surface area contributed by atoms with Gasteiger partial charge >= 0.3 is 0 Å². The molecular weight excluding hydrogens is 446 g/mol. The summed E-state index contributed by atoms with van der Waals surface area (Å²) in [7, 11) is 3.43. The van der Waals surface area contributed by atoms with Gasteiger partial charge in [0.15, 0.2) is 0 Å².